The maximum absolute atomic E-state index is 12.0. The van der Waals surface area contributed by atoms with Crippen LogP contribution in [0.4, 0.5) is 11.4 Å². The van der Waals surface area contributed by atoms with E-state index in [1.807, 2.05) is 0 Å². The van der Waals surface area contributed by atoms with Crippen LogP contribution >= 0.6 is 23.2 Å². The van der Waals surface area contributed by atoms with Crippen molar-refractivity contribution in [1.29, 1.82) is 0 Å². The summed E-state index contributed by atoms with van der Waals surface area (Å²) in [6.07, 6.45) is 2.82. The Labute approximate surface area is 147 Å². The van der Waals surface area contributed by atoms with E-state index in [9.17, 15) is 14.9 Å². The molecule has 124 valence electrons. The molecule has 0 aromatic heterocycles. The van der Waals surface area contributed by atoms with Gasteiger partial charge in [-0.2, -0.15) is 0 Å². The number of non-ortho nitro benzene ring substituents is 1. The van der Waals surface area contributed by atoms with E-state index < -0.39 is 10.8 Å². The monoisotopic (exact) mass is 366 g/mol. The predicted molar refractivity (Wildman–Crippen MR) is 93.8 cm³/mol. The van der Waals surface area contributed by atoms with Crippen LogP contribution in [-0.2, 0) is 4.79 Å². The van der Waals surface area contributed by atoms with Crippen LogP contribution in [0.25, 0.3) is 6.08 Å². The largest absolute Gasteiger partial charge is 0.495 e. The summed E-state index contributed by atoms with van der Waals surface area (Å²) in [6.45, 7) is 0. The highest BCUT2D eigenvalue weighted by atomic mass is 35.5. The number of carbonyl (C=O) groups is 1. The number of anilines is 1. The van der Waals surface area contributed by atoms with Crippen LogP contribution in [0.2, 0.25) is 10.0 Å². The maximum atomic E-state index is 12.0. The molecule has 2 aromatic carbocycles. The molecule has 0 unspecified atom stereocenters. The first-order valence-electron chi connectivity index (χ1n) is 6.67. The third-order valence-electron chi connectivity index (χ3n) is 3.02. The fourth-order valence-corrected chi connectivity index (χ4v) is 2.18. The molecule has 0 atom stereocenters. The van der Waals surface area contributed by atoms with Crippen molar-refractivity contribution >= 4 is 46.6 Å². The van der Waals surface area contributed by atoms with E-state index in [0.29, 0.717) is 21.4 Å². The lowest BCUT2D eigenvalue weighted by atomic mass is 10.2. The third kappa shape index (κ3) is 4.47. The Kier molecular flexibility index (Phi) is 5.78. The average Bonchev–Trinajstić information content (AvgIpc) is 2.55. The minimum absolute atomic E-state index is 0.153. The topological polar surface area (TPSA) is 81.5 Å². The predicted octanol–water partition coefficient (Wildman–Crippen LogP) is 4.56. The lowest BCUT2D eigenvalue weighted by Crippen LogP contribution is -2.09. The summed E-state index contributed by atoms with van der Waals surface area (Å²) in [6, 6.07) is 8.86. The zero-order valence-electron chi connectivity index (χ0n) is 12.5. The molecule has 0 saturated carbocycles. The molecule has 2 rings (SSSR count). The number of hydrogen-bond donors (Lipinski definition) is 1. The molecule has 1 amide bonds. The highest BCUT2D eigenvalue weighted by molar-refractivity contribution is 6.42. The standard InChI is InChI=1S/C16H12Cl2N2O4/c1-24-15-6-4-11(20(22)23)9-14(15)19-16(21)7-3-10-2-5-12(17)13(18)8-10/h2-9H,1H3,(H,19,21)/b7-3+. The number of nitro benzene ring substituents is 1. The number of methoxy groups -OCH3 is 1. The Hall–Kier alpha value is -2.57. The van der Waals surface area contributed by atoms with Crippen LogP contribution in [0, 0.1) is 10.1 Å². The normalized spacial score (nSPS) is 10.6. The van der Waals surface area contributed by atoms with E-state index in [1.54, 1.807) is 24.3 Å². The lowest BCUT2D eigenvalue weighted by Gasteiger charge is -2.08. The molecule has 0 heterocycles. The van der Waals surface area contributed by atoms with Crippen LogP contribution in [0.15, 0.2) is 42.5 Å². The van der Waals surface area contributed by atoms with Gasteiger partial charge in [-0.1, -0.05) is 29.3 Å². The number of carbonyl (C=O) groups excluding carboxylic acids is 1. The molecule has 2 aromatic rings. The summed E-state index contributed by atoms with van der Waals surface area (Å²) in [7, 11) is 1.41. The van der Waals surface area contributed by atoms with Crippen molar-refractivity contribution in [3.05, 3.63) is 68.2 Å². The molecular weight excluding hydrogens is 355 g/mol. The first-order chi connectivity index (χ1) is 11.4. The molecule has 1 N–H and O–H groups in total. The fourth-order valence-electron chi connectivity index (χ4n) is 1.87. The van der Waals surface area contributed by atoms with Crippen molar-refractivity contribution in [3.63, 3.8) is 0 Å². The summed E-state index contributed by atoms with van der Waals surface area (Å²) < 4.78 is 5.08. The number of rotatable bonds is 5. The Bertz CT molecular complexity index is 822. The molecule has 0 spiro atoms. The van der Waals surface area contributed by atoms with Gasteiger partial charge in [0.2, 0.25) is 5.91 Å². The van der Waals surface area contributed by atoms with Crippen molar-refractivity contribution < 1.29 is 14.5 Å². The summed E-state index contributed by atoms with van der Waals surface area (Å²) in [5.74, 6) is -0.156. The second-order valence-corrected chi connectivity index (χ2v) is 5.45. The molecule has 0 aliphatic heterocycles. The zero-order chi connectivity index (χ0) is 17.7. The number of hydrogen-bond acceptors (Lipinski definition) is 4. The highest BCUT2D eigenvalue weighted by Gasteiger charge is 2.12. The number of ether oxygens (including phenoxy) is 1. The maximum Gasteiger partial charge on any atom is 0.271 e. The zero-order valence-corrected chi connectivity index (χ0v) is 14.0. The molecule has 8 heteroatoms. The molecular formula is C16H12Cl2N2O4. The quantitative estimate of drug-likeness (QED) is 0.477. The summed E-state index contributed by atoms with van der Waals surface area (Å²) in [5, 5.41) is 14.2. The molecule has 6 nitrogen and oxygen atoms in total. The smallest absolute Gasteiger partial charge is 0.271 e. The van der Waals surface area contributed by atoms with E-state index in [2.05, 4.69) is 5.32 Å². The number of amides is 1. The molecule has 0 radical (unpaired) electrons. The number of nitrogens with zero attached hydrogens (tertiary/aromatic N) is 1. The number of nitrogens with one attached hydrogen (secondary N) is 1. The van der Waals surface area contributed by atoms with E-state index >= 15 is 0 Å². The molecule has 0 bridgehead atoms. The van der Waals surface area contributed by atoms with E-state index in [0.717, 1.165) is 0 Å². The Morgan fingerprint density at radius 1 is 1.21 bits per heavy atom. The van der Waals surface area contributed by atoms with Crippen LogP contribution in [0.3, 0.4) is 0 Å². The number of benzene rings is 2. The minimum Gasteiger partial charge on any atom is -0.495 e. The van der Waals surface area contributed by atoms with E-state index in [1.165, 1.54) is 31.4 Å². The van der Waals surface area contributed by atoms with Gasteiger partial charge in [-0.05, 0) is 29.8 Å². The van der Waals surface area contributed by atoms with Crippen molar-refractivity contribution in [2.24, 2.45) is 0 Å². The first-order valence-corrected chi connectivity index (χ1v) is 7.43. The summed E-state index contributed by atoms with van der Waals surface area (Å²) in [4.78, 5) is 22.3. The lowest BCUT2D eigenvalue weighted by molar-refractivity contribution is -0.384. The third-order valence-corrected chi connectivity index (χ3v) is 3.76. The van der Waals surface area contributed by atoms with Gasteiger partial charge in [-0.25, -0.2) is 0 Å². The number of nitro groups is 1. The van der Waals surface area contributed by atoms with Crippen molar-refractivity contribution in [2.45, 2.75) is 0 Å². The SMILES string of the molecule is COc1ccc([N+](=O)[O-])cc1NC(=O)/C=C/c1ccc(Cl)c(Cl)c1. The number of halogens is 2. The first kappa shape index (κ1) is 17.8. The van der Waals surface area contributed by atoms with Gasteiger partial charge in [0.1, 0.15) is 5.75 Å². The van der Waals surface area contributed by atoms with Crippen LogP contribution < -0.4 is 10.1 Å². The van der Waals surface area contributed by atoms with E-state index in [-0.39, 0.29) is 11.4 Å². The average molecular weight is 367 g/mol. The van der Waals surface area contributed by atoms with Gasteiger partial charge in [0.15, 0.2) is 0 Å². The van der Waals surface area contributed by atoms with Crippen molar-refractivity contribution in [1.82, 2.24) is 0 Å². The summed E-state index contributed by atoms with van der Waals surface area (Å²) in [5.41, 5.74) is 0.737. The van der Waals surface area contributed by atoms with Crippen LogP contribution in [0.5, 0.6) is 5.75 Å². The van der Waals surface area contributed by atoms with Gasteiger partial charge in [0, 0.05) is 18.2 Å². The van der Waals surface area contributed by atoms with Crippen LogP contribution in [0.1, 0.15) is 5.56 Å². The second kappa shape index (κ2) is 7.81. The Balaban J connectivity index is 2.16. The van der Waals surface area contributed by atoms with Crippen molar-refractivity contribution in [2.75, 3.05) is 12.4 Å². The minimum atomic E-state index is -0.555. The van der Waals surface area contributed by atoms with Gasteiger partial charge in [-0.15, -0.1) is 0 Å². The van der Waals surface area contributed by atoms with Gasteiger partial charge in [-0.3, -0.25) is 14.9 Å². The Morgan fingerprint density at radius 3 is 2.58 bits per heavy atom. The molecule has 0 fully saturated rings. The van der Waals surface area contributed by atoms with E-state index in [4.69, 9.17) is 27.9 Å². The fraction of sp³-hybridized carbons (Fsp3) is 0.0625. The van der Waals surface area contributed by atoms with Gasteiger partial charge >= 0.3 is 0 Å². The Morgan fingerprint density at radius 2 is 1.96 bits per heavy atom. The van der Waals surface area contributed by atoms with Crippen molar-refractivity contribution in [3.8, 4) is 5.75 Å². The second-order valence-electron chi connectivity index (χ2n) is 4.64. The summed E-state index contributed by atoms with van der Waals surface area (Å²) >= 11 is 11.7. The molecule has 0 aliphatic rings. The molecule has 0 aliphatic carbocycles. The molecule has 24 heavy (non-hydrogen) atoms. The highest BCUT2D eigenvalue weighted by Crippen LogP contribution is 2.29. The van der Waals surface area contributed by atoms with Crippen LogP contribution in [-0.4, -0.2) is 17.9 Å². The van der Waals surface area contributed by atoms with Gasteiger partial charge in [0.25, 0.3) is 5.69 Å². The van der Waals surface area contributed by atoms with Gasteiger partial charge < -0.3 is 10.1 Å². The molecule has 0 saturated heterocycles. The van der Waals surface area contributed by atoms with Gasteiger partial charge in [0.05, 0.1) is 27.8 Å².